The van der Waals surface area contributed by atoms with Crippen molar-refractivity contribution in [2.45, 2.75) is 0 Å². The average molecular weight is 294 g/mol. The number of fused-ring (bicyclic) bond motifs is 1. The molecule has 0 radical (unpaired) electrons. The van der Waals surface area contributed by atoms with Crippen LogP contribution in [0.2, 0.25) is 0 Å². The lowest BCUT2D eigenvalue weighted by atomic mass is 10.2. The Hall–Kier alpha value is -3.15. The standard InChI is InChI=1S/C16H11FN4O/c17-12-3-1-10(2-4-12)15-9-18-16(22-15)20-13-5-6-14-11(7-13)8-19-21-14/h1-9H,(H,18,20)(H,19,21). The van der Waals surface area contributed by atoms with E-state index in [1.807, 2.05) is 18.2 Å². The Morgan fingerprint density at radius 2 is 1.91 bits per heavy atom. The molecule has 0 spiro atoms. The van der Waals surface area contributed by atoms with Gasteiger partial charge < -0.3 is 9.73 Å². The fourth-order valence-corrected chi connectivity index (χ4v) is 2.22. The number of aromatic nitrogens is 3. The number of halogens is 1. The van der Waals surface area contributed by atoms with Crippen LogP contribution in [0.15, 0.2) is 59.3 Å². The average Bonchev–Trinajstić information content (AvgIpc) is 3.17. The Labute approximate surface area is 124 Å². The molecule has 0 aliphatic heterocycles. The second-order valence-corrected chi connectivity index (χ2v) is 4.83. The van der Waals surface area contributed by atoms with Crippen LogP contribution in [0.25, 0.3) is 22.2 Å². The summed E-state index contributed by atoms with van der Waals surface area (Å²) in [6, 6.07) is 12.2. The molecule has 0 saturated carbocycles. The Bertz CT molecular complexity index is 927. The van der Waals surface area contributed by atoms with E-state index in [0.717, 1.165) is 22.2 Å². The molecule has 2 heterocycles. The zero-order valence-electron chi connectivity index (χ0n) is 11.4. The normalized spacial score (nSPS) is 11.0. The van der Waals surface area contributed by atoms with Crippen molar-refractivity contribution in [2.24, 2.45) is 0 Å². The van der Waals surface area contributed by atoms with Gasteiger partial charge in [-0.1, -0.05) is 0 Å². The van der Waals surface area contributed by atoms with Crippen molar-refractivity contribution in [2.75, 3.05) is 5.32 Å². The molecule has 0 saturated heterocycles. The van der Waals surface area contributed by atoms with Crippen LogP contribution in [0.3, 0.4) is 0 Å². The molecule has 0 unspecified atom stereocenters. The number of aromatic amines is 1. The number of hydrogen-bond donors (Lipinski definition) is 2. The van der Waals surface area contributed by atoms with Gasteiger partial charge in [0.05, 0.1) is 17.9 Å². The van der Waals surface area contributed by atoms with Crippen LogP contribution in [-0.2, 0) is 0 Å². The van der Waals surface area contributed by atoms with Gasteiger partial charge in [-0.05, 0) is 42.5 Å². The van der Waals surface area contributed by atoms with Crippen LogP contribution < -0.4 is 5.32 Å². The number of nitrogens with zero attached hydrogens (tertiary/aromatic N) is 2. The quantitative estimate of drug-likeness (QED) is 0.597. The predicted octanol–water partition coefficient (Wildman–Crippen LogP) is 4.10. The van der Waals surface area contributed by atoms with E-state index in [0.29, 0.717) is 11.8 Å². The highest BCUT2D eigenvalue weighted by Gasteiger charge is 2.07. The Morgan fingerprint density at radius 3 is 2.77 bits per heavy atom. The van der Waals surface area contributed by atoms with Gasteiger partial charge >= 0.3 is 0 Å². The highest BCUT2D eigenvalue weighted by Crippen LogP contribution is 2.25. The summed E-state index contributed by atoms with van der Waals surface area (Å²) in [5, 5.41) is 11.0. The van der Waals surface area contributed by atoms with Gasteiger partial charge in [-0.25, -0.2) is 9.37 Å². The molecule has 4 aromatic rings. The van der Waals surface area contributed by atoms with Crippen molar-refractivity contribution in [3.05, 3.63) is 60.7 Å². The van der Waals surface area contributed by atoms with E-state index in [2.05, 4.69) is 20.5 Å². The number of oxazole rings is 1. The summed E-state index contributed by atoms with van der Waals surface area (Å²) in [6.07, 6.45) is 3.35. The van der Waals surface area contributed by atoms with E-state index in [-0.39, 0.29) is 5.82 Å². The summed E-state index contributed by atoms with van der Waals surface area (Å²) >= 11 is 0. The van der Waals surface area contributed by atoms with E-state index < -0.39 is 0 Å². The lowest BCUT2D eigenvalue weighted by Gasteiger charge is -2.01. The minimum atomic E-state index is -0.282. The summed E-state index contributed by atoms with van der Waals surface area (Å²) in [5.41, 5.74) is 2.58. The number of anilines is 2. The van der Waals surface area contributed by atoms with Gasteiger partial charge in [-0.15, -0.1) is 0 Å². The molecule has 0 aliphatic carbocycles. The molecule has 0 atom stereocenters. The molecule has 2 aromatic carbocycles. The Morgan fingerprint density at radius 1 is 1.05 bits per heavy atom. The summed E-state index contributed by atoms with van der Waals surface area (Å²) < 4.78 is 18.6. The molecule has 2 N–H and O–H groups in total. The molecule has 4 rings (SSSR count). The van der Waals surface area contributed by atoms with Gasteiger partial charge in [0.1, 0.15) is 5.82 Å². The van der Waals surface area contributed by atoms with Crippen molar-refractivity contribution in [1.82, 2.24) is 15.2 Å². The first kappa shape index (κ1) is 12.6. The van der Waals surface area contributed by atoms with E-state index in [9.17, 15) is 4.39 Å². The maximum atomic E-state index is 12.9. The molecule has 6 heteroatoms. The first-order valence-corrected chi connectivity index (χ1v) is 6.70. The number of benzene rings is 2. The highest BCUT2D eigenvalue weighted by molar-refractivity contribution is 5.82. The van der Waals surface area contributed by atoms with Gasteiger partial charge in [-0.2, -0.15) is 5.10 Å². The molecule has 5 nitrogen and oxygen atoms in total. The van der Waals surface area contributed by atoms with Crippen molar-refractivity contribution >= 4 is 22.6 Å². The van der Waals surface area contributed by atoms with Crippen molar-refractivity contribution < 1.29 is 8.81 Å². The van der Waals surface area contributed by atoms with Crippen LogP contribution in [0.5, 0.6) is 0 Å². The third-order valence-corrected chi connectivity index (χ3v) is 3.33. The molecule has 108 valence electrons. The number of H-pyrrole nitrogens is 1. The van der Waals surface area contributed by atoms with Crippen LogP contribution in [-0.4, -0.2) is 15.2 Å². The van der Waals surface area contributed by atoms with E-state index in [1.54, 1.807) is 24.5 Å². The monoisotopic (exact) mass is 294 g/mol. The van der Waals surface area contributed by atoms with E-state index in [1.165, 1.54) is 12.1 Å². The van der Waals surface area contributed by atoms with Gasteiger partial charge in [0, 0.05) is 16.6 Å². The van der Waals surface area contributed by atoms with Crippen LogP contribution in [0.1, 0.15) is 0 Å². The van der Waals surface area contributed by atoms with Gasteiger partial charge in [-0.3, -0.25) is 5.10 Å². The molecule has 0 amide bonds. The smallest absolute Gasteiger partial charge is 0.299 e. The SMILES string of the molecule is Fc1ccc(-c2cnc(Nc3ccc4[nH]ncc4c3)o2)cc1. The molecular weight excluding hydrogens is 283 g/mol. The third kappa shape index (κ3) is 2.31. The van der Waals surface area contributed by atoms with Crippen LogP contribution in [0.4, 0.5) is 16.1 Å². The largest absolute Gasteiger partial charge is 0.423 e. The Balaban J connectivity index is 1.59. The first-order chi connectivity index (χ1) is 10.8. The van der Waals surface area contributed by atoms with Gasteiger partial charge in [0.25, 0.3) is 6.01 Å². The fraction of sp³-hybridized carbons (Fsp3) is 0. The zero-order valence-corrected chi connectivity index (χ0v) is 11.4. The van der Waals surface area contributed by atoms with Gasteiger partial charge in [0.2, 0.25) is 0 Å². The molecule has 22 heavy (non-hydrogen) atoms. The second-order valence-electron chi connectivity index (χ2n) is 4.83. The molecule has 2 aromatic heterocycles. The summed E-state index contributed by atoms with van der Waals surface area (Å²) in [6.45, 7) is 0. The highest BCUT2D eigenvalue weighted by atomic mass is 19.1. The topological polar surface area (TPSA) is 66.7 Å². The number of nitrogens with one attached hydrogen (secondary N) is 2. The van der Waals surface area contributed by atoms with Crippen molar-refractivity contribution in [1.29, 1.82) is 0 Å². The molecule has 0 aliphatic rings. The van der Waals surface area contributed by atoms with Gasteiger partial charge in [0.15, 0.2) is 5.76 Å². The van der Waals surface area contributed by atoms with E-state index in [4.69, 9.17) is 4.42 Å². The van der Waals surface area contributed by atoms with Crippen molar-refractivity contribution in [3.63, 3.8) is 0 Å². The molecule has 0 fully saturated rings. The third-order valence-electron chi connectivity index (χ3n) is 3.33. The number of hydrogen-bond acceptors (Lipinski definition) is 4. The maximum Gasteiger partial charge on any atom is 0.299 e. The summed E-state index contributed by atoms with van der Waals surface area (Å²) in [5.74, 6) is 0.293. The first-order valence-electron chi connectivity index (χ1n) is 6.70. The summed E-state index contributed by atoms with van der Waals surface area (Å²) in [7, 11) is 0. The maximum absolute atomic E-state index is 12.9. The predicted molar refractivity (Wildman–Crippen MR) is 81.3 cm³/mol. The Kier molecular flexibility index (Phi) is 2.86. The molecular formula is C16H11FN4O. The minimum Gasteiger partial charge on any atom is -0.423 e. The van der Waals surface area contributed by atoms with Crippen molar-refractivity contribution in [3.8, 4) is 11.3 Å². The van der Waals surface area contributed by atoms with Crippen LogP contribution in [0, 0.1) is 5.82 Å². The fourth-order valence-electron chi connectivity index (χ4n) is 2.22. The van der Waals surface area contributed by atoms with E-state index >= 15 is 0 Å². The van der Waals surface area contributed by atoms with Crippen LogP contribution >= 0.6 is 0 Å². The zero-order chi connectivity index (χ0) is 14.9. The lowest BCUT2D eigenvalue weighted by Crippen LogP contribution is -1.89. The lowest BCUT2D eigenvalue weighted by molar-refractivity contribution is 0.591. The molecule has 0 bridgehead atoms. The second kappa shape index (κ2) is 5.00. The number of rotatable bonds is 3. The summed E-state index contributed by atoms with van der Waals surface area (Å²) in [4.78, 5) is 4.18. The minimum absolute atomic E-state index is 0.282.